The van der Waals surface area contributed by atoms with Gasteiger partial charge in [-0.2, -0.15) is 5.10 Å². The van der Waals surface area contributed by atoms with Crippen LogP contribution in [0.2, 0.25) is 0 Å². The molecule has 0 bridgehead atoms. The maximum absolute atomic E-state index is 12.8. The summed E-state index contributed by atoms with van der Waals surface area (Å²) in [7, 11) is 1.96. The molecule has 8 heteroatoms. The Hall–Kier alpha value is -3.39. The molecular weight excluding hydrogens is 392 g/mol. The first-order valence-electron chi connectivity index (χ1n) is 10.7. The van der Waals surface area contributed by atoms with Crippen molar-refractivity contribution in [1.29, 1.82) is 0 Å². The first-order chi connectivity index (χ1) is 15.0. The average molecular weight is 419 g/mol. The smallest absolute Gasteiger partial charge is 0.272 e. The largest absolute Gasteiger partial charge is 0.357 e. The van der Waals surface area contributed by atoms with Gasteiger partial charge in [-0.25, -0.2) is 5.43 Å². The Kier molecular flexibility index (Phi) is 4.86. The van der Waals surface area contributed by atoms with Crippen LogP contribution in [0.4, 0.5) is 5.69 Å². The van der Waals surface area contributed by atoms with Crippen molar-refractivity contribution in [2.45, 2.75) is 38.1 Å². The number of carbonyl (C=O) groups is 2. The number of hydrazone groups is 1. The van der Waals surface area contributed by atoms with Gasteiger partial charge in [0.15, 0.2) is 0 Å². The molecule has 160 valence electrons. The molecular formula is C23H26N6O2. The number of hydrogen-bond acceptors (Lipinski definition) is 4. The molecule has 2 amide bonds. The van der Waals surface area contributed by atoms with E-state index in [-0.39, 0.29) is 17.7 Å². The molecule has 5 rings (SSSR count). The number of amides is 2. The van der Waals surface area contributed by atoms with Crippen molar-refractivity contribution in [3.05, 3.63) is 41.7 Å². The first kappa shape index (κ1) is 19.6. The summed E-state index contributed by atoms with van der Waals surface area (Å²) in [6, 6.07) is 5.00. The lowest BCUT2D eigenvalue weighted by Gasteiger charge is -2.26. The van der Waals surface area contributed by atoms with Crippen molar-refractivity contribution >= 4 is 34.6 Å². The second-order valence-corrected chi connectivity index (χ2v) is 8.54. The average Bonchev–Trinajstić information content (AvgIpc) is 3.31. The van der Waals surface area contributed by atoms with Crippen LogP contribution in [0.5, 0.6) is 0 Å². The Bertz CT molecular complexity index is 1200. The number of H-pyrrole nitrogens is 1. The monoisotopic (exact) mass is 418 g/mol. The van der Waals surface area contributed by atoms with Gasteiger partial charge in [-0.1, -0.05) is 19.3 Å². The number of hydrogen-bond donors (Lipinski definition) is 4. The molecule has 31 heavy (non-hydrogen) atoms. The van der Waals surface area contributed by atoms with Gasteiger partial charge >= 0.3 is 0 Å². The minimum Gasteiger partial charge on any atom is -0.357 e. The molecule has 3 aromatic rings. The van der Waals surface area contributed by atoms with E-state index < -0.39 is 6.04 Å². The third-order valence-electron chi connectivity index (χ3n) is 6.39. The van der Waals surface area contributed by atoms with Crippen LogP contribution in [0, 0.1) is 5.92 Å². The Morgan fingerprint density at radius 2 is 2.10 bits per heavy atom. The summed E-state index contributed by atoms with van der Waals surface area (Å²) in [4.78, 5) is 28.9. The normalized spacial score (nSPS) is 17.4. The number of benzene rings is 1. The molecule has 0 spiro atoms. The third kappa shape index (κ3) is 3.53. The van der Waals surface area contributed by atoms with Gasteiger partial charge < -0.3 is 20.6 Å². The number of rotatable bonds is 4. The third-order valence-corrected chi connectivity index (χ3v) is 6.39. The second kappa shape index (κ2) is 7.70. The van der Waals surface area contributed by atoms with Gasteiger partial charge in [0.25, 0.3) is 5.91 Å². The van der Waals surface area contributed by atoms with E-state index in [1.165, 1.54) is 6.42 Å². The predicted molar refractivity (Wildman–Crippen MR) is 121 cm³/mol. The molecule has 5 N–H and O–H groups in total. The molecule has 3 heterocycles. The van der Waals surface area contributed by atoms with Crippen LogP contribution in [0.1, 0.15) is 48.0 Å². The fourth-order valence-electron chi connectivity index (χ4n) is 4.77. The summed E-state index contributed by atoms with van der Waals surface area (Å²) >= 11 is 0. The second-order valence-electron chi connectivity index (χ2n) is 8.54. The van der Waals surface area contributed by atoms with Gasteiger partial charge in [-0.05, 0) is 37.0 Å². The number of anilines is 1. The molecule has 2 aliphatic rings. The van der Waals surface area contributed by atoms with Crippen molar-refractivity contribution < 1.29 is 9.59 Å². The zero-order valence-corrected chi connectivity index (χ0v) is 17.4. The summed E-state index contributed by atoms with van der Waals surface area (Å²) in [5.74, 6) is -0.317. The van der Waals surface area contributed by atoms with E-state index in [4.69, 9.17) is 5.73 Å². The zero-order chi connectivity index (χ0) is 21.5. The van der Waals surface area contributed by atoms with E-state index in [0.29, 0.717) is 11.3 Å². The Balaban J connectivity index is 1.53. The minimum atomic E-state index is -0.550. The lowest BCUT2D eigenvalue weighted by atomic mass is 9.84. The van der Waals surface area contributed by atoms with Crippen LogP contribution in [-0.2, 0) is 11.8 Å². The van der Waals surface area contributed by atoms with Crippen molar-refractivity contribution in [1.82, 2.24) is 15.0 Å². The van der Waals surface area contributed by atoms with Crippen molar-refractivity contribution in [2.24, 2.45) is 23.8 Å². The van der Waals surface area contributed by atoms with E-state index in [9.17, 15) is 9.59 Å². The SMILES string of the molecule is Cn1ccc(-c2[nH]c3cc(NC(=O)[C@H](N)C4CCCCC4)cc4c3c2C=NNC4=O)c1. The first-order valence-corrected chi connectivity index (χ1v) is 10.7. The van der Waals surface area contributed by atoms with Gasteiger partial charge in [-0.15, -0.1) is 0 Å². The van der Waals surface area contributed by atoms with Gasteiger partial charge in [0, 0.05) is 47.2 Å². The van der Waals surface area contributed by atoms with Gasteiger partial charge in [0.2, 0.25) is 5.91 Å². The summed E-state index contributed by atoms with van der Waals surface area (Å²) in [6.07, 6.45) is 11.0. The maximum atomic E-state index is 12.8. The highest BCUT2D eigenvalue weighted by atomic mass is 16.2. The van der Waals surface area contributed by atoms with Crippen LogP contribution in [0.15, 0.2) is 35.7 Å². The quantitative estimate of drug-likeness (QED) is 0.521. The minimum absolute atomic E-state index is 0.206. The highest BCUT2D eigenvalue weighted by molar-refractivity contribution is 6.18. The molecule has 1 aliphatic heterocycles. The molecule has 1 saturated carbocycles. The lowest BCUT2D eigenvalue weighted by molar-refractivity contribution is -0.118. The van der Waals surface area contributed by atoms with E-state index >= 15 is 0 Å². The van der Waals surface area contributed by atoms with Crippen molar-refractivity contribution in [3.8, 4) is 11.3 Å². The number of nitrogens with two attached hydrogens (primary N) is 1. The zero-order valence-electron chi connectivity index (χ0n) is 17.4. The molecule has 8 nitrogen and oxygen atoms in total. The molecule has 0 radical (unpaired) electrons. The van der Waals surface area contributed by atoms with Crippen LogP contribution in [-0.4, -0.2) is 33.6 Å². The number of aromatic nitrogens is 2. The van der Waals surface area contributed by atoms with E-state index in [0.717, 1.165) is 53.4 Å². The standard InChI is InChI=1S/C23H26N6O2/c1-29-8-7-14(12-29)21-17-11-25-28-22(30)16-9-15(10-18(27-21)19(16)17)26-23(31)20(24)13-5-3-2-4-6-13/h7-13,20,27H,2-6,24H2,1H3,(H,26,31)(H,28,30)/t20-/m1/s1. The van der Waals surface area contributed by atoms with Gasteiger partial charge in [0.05, 0.1) is 23.5 Å². The highest BCUT2D eigenvalue weighted by Gasteiger charge is 2.27. The summed E-state index contributed by atoms with van der Waals surface area (Å²) in [5, 5.41) is 7.80. The van der Waals surface area contributed by atoms with Crippen LogP contribution in [0.3, 0.4) is 0 Å². The summed E-state index contributed by atoms with van der Waals surface area (Å²) < 4.78 is 1.96. The van der Waals surface area contributed by atoms with Gasteiger partial charge in [-0.3, -0.25) is 9.59 Å². The Morgan fingerprint density at radius 1 is 1.29 bits per heavy atom. The number of carbonyl (C=O) groups excluding carboxylic acids is 2. The fourth-order valence-corrected chi connectivity index (χ4v) is 4.77. The van der Waals surface area contributed by atoms with E-state index in [1.54, 1.807) is 12.3 Å². The van der Waals surface area contributed by atoms with Gasteiger partial charge in [0.1, 0.15) is 0 Å². The van der Waals surface area contributed by atoms with Crippen molar-refractivity contribution in [3.63, 3.8) is 0 Å². The van der Waals surface area contributed by atoms with Crippen molar-refractivity contribution in [2.75, 3.05) is 5.32 Å². The topological polar surface area (TPSA) is 117 Å². The lowest BCUT2D eigenvalue weighted by Crippen LogP contribution is -2.42. The number of aryl methyl sites for hydroxylation is 1. The molecule has 1 aliphatic carbocycles. The Labute approximate surface area is 179 Å². The Morgan fingerprint density at radius 3 is 2.84 bits per heavy atom. The summed E-state index contributed by atoms with van der Waals surface area (Å²) in [6.45, 7) is 0. The molecule has 0 unspecified atom stereocenters. The number of aromatic amines is 1. The van der Waals surface area contributed by atoms with Crippen LogP contribution >= 0.6 is 0 Å². The highest BCUT2D eigenvalue weighted by Crippen LogP contribution is 2.35. The number of nitrogens with zero attached hydrogens (tertiary/aromatic N) is 2. The molecule has 2 aromatic heterocycles. The van der Waals surface area contributed by atoms with Crippen LogP contribution < -0.4 is 16.5 Å². The predicted octanol–water partition coefficient (Wildman–Crippen LogP) is 3.10. The molecule has 0 saturated heterocycles. The van der Waals surface area contributed by atoms with Crippen LogP contribution in [0.25, 0.3) is 22.2 Å². The van der Waals surface area contributed by atoms with E-state index in [2.05, 4.69) is 20.8 Å². The van der Waals surface area contributed by atoms with E-state index in [1.807, 2.05) is 36.1 Å². The number of nitrogens with one attached hydrogen (secondary N) is 3. The maximum Gasteiger partial charge on any atom is 0.272 e. The summed E-state index contributed by atoms with van der Waals surface area (Å²) in [5.41, 5.74) is 13.3. The molecule has 1 atom stereocenters. The molecule has 1 fully saturated rings. The fraction of sp³-hybridized carbons (Fsp3) is 0.348. The molecule has 1 aromatic carbocycles.